The number of rotatable bonds is 7. The maximum absolute atomic E-state index is 11.9. The lowest BCUT2D eigenvalue weighted by molar-refractivity contribution is -0.116. The van der Waals surface area contributed by atoms with Gasteiger partial charge < -0.3 is 11.1 Å². The van der Waals surface area contributed by atoms with Gasteiger partial charge in [0.1, 0.15) is 0 Å². The van der Waals surface area contributed by atoms with Crippen LogP contribution in [0.2, 0.25) is 5.02 Å². The van der Waals surface area contributed by atoms with E-state index in [4.69, 9.17) is 17.3 Å². The van der Waals surface area contributed by atoms with Crippen LogP contribution in [0.5, 0.6) is 0 Å². The summed E-state index contributed by atoms with van der Waals surface area (Å²) in [5.74, 6) is 0.185. The van der Waals surface area contributed by atoms with E-state index in [0.717, 1.165) is 19.1 Å². The van der Waals surface area contributed by atoms with Gasteiger partial charge in [0.25, 0.3) is 0 Å². The Morgan fingerprint density at radius 2 is 2.05 bits per heavy atom. The minimum absolute atomic E-state index is 0.124. The fourth-order valence-corrected chi connectivity index (χ4v) is 2.66. The van der Waals surface area contributed by atoms with Gasteiger partial charge >= 0.3 is 0 Å². The second-order valence-corrected chi connectivity index (χ2v) is 7.61. The lowest BCUT2D eigenvalue weighted by atomic mass is 10.0. The van der Waals surface area contributed by atoms with Crippen LogP contribution in [-0.4, -0.2) is 27.1 Å². The molecule has 0 radical (unpaired) electrons. The van der Waals surface area contributed by atoms with E-state index in [2.05, 4.69) is 5.32 Å². The second kappa shape index (κ2) is 7.77. The average Bonchev–Trinajstić information content (AvgIpc) is 2.38. The van der Waals surface area contributed by atoms with Crippen LogP contribution in [0.3, 0.4) is 0 Å². The molecule has 1 aromatic carbocycles. The van der Waals surface area contributed by atoms with Crippen molar-refractivity contribution in [3.8, 4) is 0 Å². The highest BCUT2D eigenvalue weighted by Gasteiger charge is 2.13. The van der Waals surface area contributed by atoms with Gasteiger partial charge in [0.05, 0.1) is 15.6 Å². The Morgan fingerprint density at radius 1 is 1.38 bits per heavy atom. The number of nitrogens with two attached hydrogens (primary N) is 1. The van der Waals surface area contributed by atoms with Crippen LogP contribution in [0.4, 0.5) is 5.69 Å². The van der Waals surface area contributed by atoms with Crippen LogP contribution < -0.4 is 11.1 Å². The smallest absolute Gasteiger partial charge is 0.224 e. The van der Waals surface area contributed by atoms with Crippen LogP contribution in [0.1, 0.15) is 26.2 Å². The minimum atomic E-state index is -3.33. The first-order valence-corrected chi connectivity index (χ1v) is 9.00. The number of carbonyl (C=O) groups excluding carboxylic acids is 1. The quantitative estimate of drug-likeness (QED) is 0.802. The predicted molar refractivity (Wildman–Crippen MR) is 85.3 cm³/mol. The van der Waals surface area contributed by atoms with Gasteiger partial charge in [0, 0.05) is 12.7 Å². The Labute approximate surface area is 130 Å². The first-order chi connectivity index (χ1) is 9.74. The molecule has 1 rings (SSSR count). The summed E-state index contributed by atoms with van der Waals surface area (Å²) in [5, 5.41) is 2.96. The largest absolute Gasteiger partial charge is 0.330 e. The molecule has 0 aliphatic rings. The fraction of sp³-hybridized carbons (Fsp3) is 0.500. The number of amides is 1. The van der Waals surface area contributed by atoms with Crippen molar-refractivity contribution in [1.29, 1.82) is 0 Å². The second-order valence-electron chi connectivity index (χ2n) is 5.18. The molecule has 0 aromatic heterocycles. The minimum Gasteiger partial charge on any atom is -0.330 e. The molecule has 1 atom stereocenters. The van der Waals surface area contributed by atoms with Gasteiger partial charge in [0.2, 0.25) is 5.91 Å². The average molecular weight is 333 g/mol. The molecule has 0 fully saturated rings. The summed E-state index contributed by atoms with van der Waals surface area (Å²) in [6, 6.07) is 4.25. The summed E-state index contributed by atoms with van der Waals surface area (Å²) in [5.41, 5.74) is 5.78. The Kier molecular flexibility index (Phi) is 6.64. The van der Waals surface area contributed by atoms with Gasteiger partial charge in [-0.3, -0.25) is 4.79 Å². The SMILES string of the molecule is CC(CCN)CCC(=O)Nc1cc(S(C)(=O)=O)ccc1Cl. The first kappa shape index (κ1) is 17.9. The van der Waals surface area contributed by atoms with E-state index in [1.807, 2.05) is 6.92 Å². The number of anilines is 1. The summed E-state index contributed by atoms with van der Waals surface area (Å²) >= 11 is 5.98. The Morgan fingerprint density at radius 3 is 2.62 bits per heavy atom. The highest BCUT2D eigenvalue weighted by atomic mass is 35.5. The first-order valence-electron chi connectivity index (χ1n) is 6.73. The van der Waals surface area contributed by atoms with Crippen LogP contribution >= 0.6 is 11.6 Å². The van der Waals surface area contributed by atoms with Gasteiger partial charge in [-0.15, -0.1) is 0 Å². The molecule has 0 aliphatic carbocycles. The Hall–Kier alpha value is -1.11. The van der Waals surface area contributed by atoms with Crippen molar-refractivity contribution in [3.63, 3.8) is 0 Å². The van der Waals surface area contributed by atoms with Crippen molar-refractivity contribution in [3.05, 3.63) is 23.2 Å². The molecule has 1 unspecified atom stereocenters. The van der Waals surface area contributed by atoms with E-state index in [9.17, 15) is 13.2 Å². The van der Waals surface area contributed by atoms with Crippen LogP contribution in [0.15, 0.2) is 23.1 Å². The third-order valence-corrected chi connectivity index (χ3v) is 4.60. The van der Waals surface area contributed by atoms with E-state index < -0.39 is 9.84 Å². The molecule has 0 heterocycles. The van der Waals surface area contributed by atoms with E-state index in [1.54, 1.807) is 0 Å². The van der Waals surface area contributed by atoms with Gasteiger partial charge in [-0.2, -0.15) is 0 Å². The highest BCUT2D eigenvalue weighted by molar-refractivity contribution is 7.90. The number of nitrogens with one attached hydrogen (secondary N) is 1. The van der Waals surface area contributed by atoms with Gasteiger partial charge in [-0.05, 0) is 43.5 Å². The monoisotopic (exact) mass is 332 g/mol. The summed E-state index contributed by atoms with van der Waals surface area (Å²) in [6.45, 7) is 2.64. The molecule has 21 heavy (non-hydrogen) atoms. The van der Waals surface area contributed by atoms with Crippen LogP contribution in [0.25, 0.3) is 0 Å². The summed E-state index contributed by atoms with van der Waals surface area (Å²) < 4.78 is 23.0. The van der Waals surface area contributed by atoms with Gasteiger partial charge in [-0.25, -0.2) is 8.42 Å². The molecule has 0 aliphatic heterocycles. The van der Waals surface area contributed by atoms with Crippen molar-refractivity contribution in [1.82, 2.24) is 0 Å². The maximum atomic E-state index is 11.9. The number of hydrogen-bond acceptors (Lipinski definition) is 4. The van der Waals surface area contributed by atoms with E-state index in [0.29, 0.717) is 29.6 Å². The zero-order valence-corrected chi connectivity index (χ0v) is 13.8. The number of sulfone groups is 1. The number of carbonyl (C=O) groups is 1. The van der Waals surface area contributed by atoms with E-state index in [1.165, 1.54) is 18.2 Å². The summed E-state index contributed by atoms with van der Waals surface area (Å²) in [4.78, 5) is 12.0. The van der Waals surface area contributed by atoms with Crippen LogP contribution in [0, 0.1) is 5.92 Å². The molecule has 118 valence electrons. The number of hydrogen-bond donors (Lipinski definition) is 2. The molecule has 0 saturated carbocycles. The molecule has 1 amide bonds. The Balaban J connectivity index is 2.72. The topological polar surface area (TPSA) is 89.3 Å². The molecule has 5 nitrogen and oxygen atoms in total. The van der Waals surface area contributed by atoms with Crippen molar-refractivity contribution in [2.75, 3.05) is 18.1 Å². The third-order valence-electron chi connectivity index (χ3n) is 3.16. The molecule has 3 N–H and O–H groups in total. The molecule has 1 aromatic rings. The van der Waals surface area contributed by atoms with Crippen LogP contribution in [-0.2, 0) is 14.6 Å². The predicted octanol–water partition coefficient (Wildman–Crippen LogP) is 2.45. The fourth-order valence-electron chi connectivity index (χ4n) is 1.85. The molecule has 7 heteroatoms. The highest BCUT2D eigenvalue weighted by Crippen LogP contribution is 2.25. The van der Waals surface area contributed by atoms with E-state index in [-0.39, 0.29) is 10.8 Å². The molecular formula is C14H21ClN2O3S. The normalized spacial score (nSPS) is 13.0. The van der Waals surface area contributed by atoms with Gasteiger partial charge in [-0.1, -0.05) is 18.5 Å². The lowest BCUT2D eigenvalue weighted by Gasteiger charge is -2.11. The Bertz CT molecular complexity index is 602. The molecule has 0 saturated heterocycles. The molecular weight excluding hydrogens is 312 g/mol. The summed E-state index contributed by atoms with van der Waals surface area (Å²) in [6.07, 6.45) is 3.06. The zero-order chi connectivity index (χ0) is 16.0. The molecule has 0 bridgehead atoms. The number of benzene rings is 1. The lowest BCUT2D eigenvalue weighted by Crippen LogP contribution is -2.14. The van der Waals surface area contributed by atoms with Crippen molar-refractivity contribution < 1.29 is 13.2 Å². The third kappa shape index (κ3) is 6.03. The zero-order valence-electron chi connectivity index (χ0n) is 12.2. The van der Waals surface area contributed by atoms with Crippen molar-refractivity contribution in [2.24, 2.45) is 11.7 Å². The van der Waals surface area contributed by atoms with Gasteiger partial charge in [0.15, 0.2) is 9.84 Å². The van der Waals surface area contributed by atoms with Crippen molar-refractivity contribution in [2.45, 2.75) is 31.1 Å². The van der Waals surface area contributed by atoms with E-state index >= 15 is 0 Å². The number of halogens is 1. The van der Waals surface area contributed by atoms with Crippen molar-refractivity contribution >= 4 is 33.0 Å². The molecule has 0 spiro atoms. The standard InChI is InChI=1S/C14H21ClN2O3S/c1-10(7-8-16)3-6-14(18)17-13-9-11(21(2,19)20)4-5-12(13)15/h4-5,9-10H,3,6-8,16H2,1-2H3,(H,17,18). The summed E-state index contributed by atoms with van der Waals surface area (Å²) in [7, 11) is -3.33. The maximum Gasteiger partial charge on any atom is 0.224 e.